The van der Waals surface area contributed by atoms with Crippen LogP contribution in [0, 0.1) is 17.6 Å². The van der Waals surface area contributed by atoms with Crippen LogP contribution in [0.2, 0.25) is 0 Å². The molecule has 4 aromatic rings. The van der Waals surface area contributed by atoms with Crippen molar-refractivity contribution in [1.29, 1.82) is 0 Å². The molecule has 8 rings (SSSR count). The SMILES string of the molecule is COc1cc(N2CCC(CN3CCC(c4ccc(NC5CCC(=O)NC5=O)cc4F)CC3)CC2)c(F)cc1C1c2ccc(O)cc2CCC1c1ccccc1. The fourth-order valence-electron chi connectivity index (χ4n) is 9.60. The maximum Gasteiger partial charge on any atom is 0.249 e. The van der Waals surface area contributed by atoms with Gasteiger partial charge in [-0.15, -0.1) is 0 Å². The first-order chi connectivity index (χ1) is 26.7. The lowest BCUT2D eigenvalue weighted by atomic mass is 9.69. The molecule has 8 nitrogen and oxygen atoms in total. The number of imide groups is 1. The highest BCUT2D eigenvalue weighted by atomic mass is 19.1. The Labute approximate surface area is 321 Å². The lowest BCUT2D eigenvalue weighted by Crippen LogP contribution is -2.47. The molecule has 288 valence electrons. The number of ether oxygens (including phenoxy) is 1. The summed E-state index contributed by atoms with van der Waals surface area (Å²) in [7, 11) is 1.67. The number of hydrogen-bond donors (Lipinski definition) is 3. The van der Waals surface area contributed by atoms with E-state index >= 15 is 8.78 Å². The summed E-state index contributed by atoms with van der Waals surface area (Å²) < 4.78 is 37.6. The number of methoxy groups -OCH3 is 1. The molecule has 55 heavy (non-hydrogen) atoms. The van der Waals surface area contributed by atoms with E-state index in [2.05, 4.69) is 44.7 Å². The van der Waals surface area contributed by atoms with Gasteiger partial charge in [0.1, 0.15) is 29.2 Å². The van der Waals surface area contributed by atoms with Crippen LogP contribution in [0.15, 0.2) is 78.9 Å². The number of amides is 2. The van der Waals surface area contributed by atoms with Crippen molar-refractivity contribution in [1.82, 2.24) is 10.2 Å². The molecule has 2 amide bonds. The highest BCUT2D eigenvalue weighted by Gasteiger charge is 2.36. The fourth-order valence-corrected chi connectivity index (χ4v) is 9.60. The Hall–Kier alpha value is -4.96. The molecule has 1 aliphatic carbocycles. The third kappa shape index (κ3) is 7.92. The zero-order chi connectivity index (χ0) is 38.1. The maximum atomic E-state index is 16.3. The highest BCUT2D eigenvalue weighted by molar-refractivity contribution is 6.01. The van der Waals surface area contributed by atoms with Gasteiger partial charge >= 0.3 is 0 Å². The Balaban J connectivity index is 0.883. The Bertz CT molecular complexity index is 2030. The van der Waals surface area contributed by atoms with E-state index in [1.807, 2.05) is 36.4 Å². The van der Waals surface area contributed by atoms with Crippen molar-refractivity contribution >= 4 is 23.2 Å². The fraction of sp³-hybridized carbons (Fsp3) is 0.422. The Morgan fingerprint density at radius 1 is 0.800 bits per heavy atom. The van der Waals surface area contributed by atoms with Crippen molar-refractivity contribution in [2.45, 2.75) is 75.2 Å². The van der Waals surface area contributed by atoms with Gasteiger partial charge in [-0.05, 0) is 128 Å². The number of likely N-dealkylation sites (tertiary alicyclic amines) is 1. The molecule has 4 aliphatic rings. The average molecular weight is 749 g/mol. The summed E-state index contributed by atoms with van der Waals surface area (Å²) in [6, 6.07) is 24.2. The van der Waals surface area contributed by atoms with Crippen LogP contribution in [0.1, 0.15) is 90.5 Å². The van der Waals surface area contributed by atoms with Crippen molar-refractivity contribution < 1.29 is 28.2 Å². The van der Waals surface area contributed by atoms with Crippen molar-refractivity contribution in [2.24, 2.45) is 5.92 Å². The van der Waals surface area contributed by atoms with Crippen molar-refractivity contribution in [2.75, 3.05) is 50.1 Å². The molecule has 4 aromatic carbocycles. The minimum absolute atomic E-state index is 0.113. The first-order valence-electron chi connectivity index (χ1n) is 19.8. The summed E-state index contributed by atoms with van der Waals surface area (Å²) in [6.07, 6.45) is 6.09. The predicted molar refractivity (Wildman–Crippen MR) is 210 cm³/mol. The zero-order valence-corrected chi connectivity index (χ0v) is 31.4. The Kier molecular flexibility index (Phi) is 10.8. The number of piperidine rings is 3. The van der Waals surface area contributed by atoms with Crippen LogP contribution in [-0.4, -0.2) is 67.7 Å². The number of nitrogens with zero attached hydrogens (tertiary/aromatic N) is 2. The molecule has 0 radical (unpaired) electrons. The van der Waals surface area contributed by atoms with E-state index in [1.165, 1.54) is 11.6 Å². The van der Waals surface area contributed by atoms with E-state index in [-0.39, 0.29) is 53.4 Å². The van der Waals surface area contributed by atoms with Crippen LogP contribution in [0.5, 0.6) is 11.5 Å². The number of fused-ring (bicyclic) bond motifs is 1. The molecule has 3 heterocycles. The van der Waals surface area contributed by atoms with Crippen molar-refractivity contribution in [3.8, 4) is 11.5 Å². The quantitative estimate of drug-likeness (QED) is 0.150. The number of anilines is 2. The molecule has 3 unspecified atom stereocenters. The summed E-state index contributed by atoms with van der Waals surface area (Å²) in [5, 5.41) is 15.7. The van der Waals surface area contributed by atoms with Gasteiger partial charge in [0.25, 0.3) is 0 Å². The molecule has 0 bridgehead atoms. The van der Waals surface area contributed by atoms with Gasteiger partial charge in [0.05, 0.1) is 12.8 Å². The minimum Gasteiger partial charge on any atom is -0.508 e. The molecule has 0 saturated carbocycles. The Morgan fingerprint density at radius 2 is 1.56 bits per heavy atom. The van der Waals surface area contributed by atoms with E-state index in [1.54, 1.807) is 19.2 Å². The highest BCUT2D eigenvalue weighted by Crippen LogP contribution is 2.50. The number of aryl methyl sites for hydroxylation is 1. The van der Waals surface area contributed by atoms with Crippen LogP contribution >= 0.6 is 0 Å². The maximum absolute atomic E-state index is 16.3. The molecule has 3 aliphatic heterocycles. The number of nitrogens with one attached hydrogen (secondary N) is 2. The molecule has 0 spiro atoms. The second-order valence-corrected chi connectivity index (χ2v) is 15.9. The van der Waals surface area contributed by atoms with Crippen LogP contribution in [-0.2, 0) is 16.0 Å². The van der Waals surface area contributed by atoms with Crippen LogP contribution < -0.4 is 20.3 Å². The van der Waals surface area contributed by atoms with Gasteiger partial charge in [-0.3, -0.25) is 14.9 Å². The number of aromatic hydroxyl groups is 1. The molecule has 10 heteroatoms. The van der Waals surface area contributed by atoms with Crippen LogP contribution in [0.3, 0.4) is 0 Å². The summed E-state index contributed by atoms with van der Waals surface area (Å²) in [5.41, 5.74) is 6.09. The van der Waals surface area contributed by atoms with Gasteiger partial charge < -0.3 is 25.0 Å². The van der Waals surface area contributed by atoms with Crippen LogP contribution in [0.4, 0.5) is 20.2 Å². The first-order valence-corrected chi connectivity index (χ1v) is 19.8. The second kappa shape index (κ2) is 16.0. The topological polar surface area (TPSA) is 94.1 Å². The van der Waals surface area contributed by atoms with Crippen molar-refractivity contribution in [3.63, 3.8) is 0 Å². The van der Waals surface area contributed by atoms with E-state index in [4.69, 9.17) is 4.74 Å². The van der Waals surface area contributed by atoms with Gasteiger partial charge in [0.15, 0.2) is 0 Å². The first kappa shape index (κ1) is 37.0. The van der Waals surface area contributed by atoms with E-state index in [9.17, 15) is 14.7 Å². The molecular weight excluding hydrogens is 699 g/mol. The lowest BCUT2D eigenvalue weighted by Gasteiger charge is -2.39. The largest absolute Gasteiger partial charge is 0.508 e. The monoisotopic (exact) mass is 748 g/mol. The number of hydrogen-bond acceptors (Lipinski definition) is 7. The molecular formula is C45H50F2N4O4. The molecule has 3 atom stereocenters. The summed E-state index contributed by atoms with van der Waals surface area (Å²) in [5.74, 6) is 0.465. The van der Waals surface area contributed by atoms with Crippen LogP contribution in [0.25, 0.3) is 0 Å². The third-order valence-corrected chi connectivity index (χ3v) is 12.5. The molecule has 3 N–H and O–H groups in total. The van der Waals surface area contributed by atoms with E-state index in [0.717, 1.165) is 87.9 Å². The molecule has 3 fully saturated rings. The Morgan fingerprint density at radius 3 is 2.29 bits per heavy atom. The van der Waals surface area contributed by atoms with Gasteiger partial charge in [0, 0.05) is 49.3 Å². The summed E-state index contributed by atoms with van der Waals surface area (Å²) in [4.78, 5) is 28.2. The van der Waals surface area contributed by atoms with Crippen molar-refractivity contribution in [3.05, 3.63) is 118 Å². The number of phenols is 1. The molecule has 3 saturated heterocycles. The van der Waals surface area contributed by atoms with Gasteiger partial charge in [-0.1, -0.05) is 42.5 Å². The van der Waals surface area contributed by atoms with Gasteiger partial charge in [-0.2, -0.15) is 0 Å². The predicted octanol–water partition coefficient (Wildman–Crippen LogP) is 7.85. The average Bonchev–Trinajstić information content (AvgIpc) is 3.19. The number of benzene rings is 4. The smallest absolute Gasteiger partial charge is 0.249 e. The number of phenolic OH excluding ortho intramolecular Hbond substituents is 1. The number of carbonyl (C=O) groups excluding carboxylic acids is 2. The third-order valence-electron chi connectivity index (χ3n) is 12.5. The number of halogens is 2. The second-order valence-electron chi connectivity index (χ2n) is 15.9. The summed E-state index contributed by atoms with van der Waals surface area (Å²) in [6.45, 7) is 4.33. The molecule has 0 aromatic heterocycles. The van der Waals surface area contributed by atoms with E-state index in [0.29, 0.717) is 35.0 Å². The lowest BCUT2D eigenvalue weighted by molar-refractivity contribution is -0.133. The van der Waals surface area contributed by atoms with Gasteiger partial charge in [-0.25, -0.2) is 8.78 Å². The standard InChI is InChI=1S/C45H50F2N4O4/c1-55-42-26-41(39(47)25-37(42)44-35(29-5-3-2-4-6-29)10-7-31-23-33(52)9-12-36(31)44)51-21-15-28(16-22-51)27-50-19-17-30(18-20-50)34-11-8-32(24-38(34)46)48-40-13-14-43(53)49-45(40)54/h2-6,8-9,11-12,23-26,28,30,35,40,44,48,52H,7,10,13-22,27H2,1H3,(H,49,53,54). The van der Waals surface area contributed by atoms with E-state index < -0.39 is 6.04 Å². The van der Waals surface area contributed by atoms with Gasteiger partial charge in [0.2, 0.25) is 11.8 Å². The normalized spacial score (nSPS) is 22.6. The minimum atomic E-state index is -0.545. The number of rotatable bonds is 9. The zero-order valence-electron chi connectivity index (χ0n) is 31.4. The summed E-state index contributed by atoms with van der Waals surface area (Å²) >= 11 is 0. The number of carbonyl (C=O) groups is 2.